The molecule has 0 bridgehead atoms. The van der Waals surface area contributed by atoms with E-state index in [9.17, 15) is 9.47 Å². The highest BCUT2D eigenvalue weighted by Gasteiger charge is 2.38. The number of nitriles is 1. The van der Waals surface area contributed by atoms with Crippen LogP contribution in [0.2, 0.25) is 0 Å². The number of aromatic nitrogens is 3. The maximum absolute atomic E-state index is 12.0. The number of hydrogen-bond donors (Lipinski definition) is 2. The molecule has 1 aliphatic carbocycles. The number of anilines is 4. The van der Waals surface area contributed by atoms with Crippen molar-refractivity contribution in [2.75, 3.05) is 36.7 Å². The van der Waals surface area contributed by atoms with Crippen LogP contribution < -0.4 is 10.6 Å². The topological polar surface area (TPSA) is 119 Å². The molecule has 3 heterocycles. The second-order valence-electron chi connectivity index (χ2n) is 10.2. The van der Waals surface area contributed by atoms with Gasteiger partial charge < -0.3 is 15.5 Å². The first-order valence-electron chi connectivity index (χ1n) is 11.9. The van der Waals surface area contributed by atoms with Crippen molar-refractivity contribution in [1.82, 2.24) is 19.9 Å². The number of likely N-dealkylation sites (N-methyl/N-ethyl adjacent to an activating group) is 1. The minimum atomic E-state index is -2.35. The fourth-order valence-electron chi connectivity index (χ4n) is 5.47. The molecule has 1 aliphatic heterocycles. The Hall–Kier alpha value is -3.55. The van der Waals surface area contributed by atoms with E-state index >= 15 is 0 Å². The van der Waals surface area contributed by atoms with Crippen molar-refractivity contribution in [3.8, 4) is 6.07 Å². The molecule has 0 saturated carbocycles. The normalized spacial score (nSPS) is 19.2. The molecule has 9 nitrogen and oxygen atoms in total. The van der Waals surface area contributed by atoms with Gasteiger partial charge in [-0.05, 0) is 67.3 Å². The average molecular weight is 503 g/mol. The van der Waals surface area contributed by atoms with Gasteiger partial charge in [-0.25, -0.2) is 14.2 Å². The predicted molar refractivity (Wildman–Crippen MR) is 143 cm³/mol. The van der Waals surface area contributed by atoms with Crippen molar-refractivity contribution in [1.29, 1.82) is 5.26 Å². The molecule has 0 amide bonds. The zero-order valence-corrected chi connectivity index (χ0v) is 21.8. The highest BCUT2D eigenvalue weighted by atomic mass is 32.2. The summed E-state index contributed by atoms with van der Waals surface area (Å²) in [5, 5.41) is 16.0. The number of benzene rings is 1. The van der Waals surface area contributed by atoms with Crippen LogP contribution >= 0.6 is 0 Å². The van der Waals surface area contributed by atoms with Gasteiger partial charge in [0.1, 0.15) is 17.5 Å². The quantitative estimate of drug-likeness (QED) is 0.518. The predicted octanol–water partition coefficient (Wildman–Crippen LogP) is 4.63. The molecule has 186 valence electrons. The number of rotatable bonds is 5. The second-order valence-corrected chi connectivity index (χ2v) is 12.8. The van der Waals surface area contributed by atoms with Gasteiger partial charge in [0.25, 0.3) is 0 Å². The van der Waals surface area contributed by atoms with E-state index in [0.717, 1.165) is 25.2 Å². The molecule has 2 N–H and O–H groups in total. The zero-order valence-electron chi connectivity index (χ0n) is 21.0. The Morgan fingerprint density at radius 3 is 2.78 bits per heavy atom. The monoisotopic (exact) mass is 502 g/mol. The summed E-state index contributed by atoms with van der Waals surface area (Å²) in [5.41, 5.74) is 5.70. The van der Waals surface area contributed by atoms with Gasteiger partial charge >= 0.3 is 0 Å². The van der Waals surface area contributed by atoms with Gasteiger partial charge in [0.15, 0.2) is 11.6 Å². The fraction of sp³-hybridized carbons (Fsp3) is 0.385. The molecule has 0 saturated heterocycles. The number of aryl methyl sites for hydroxylation is 1. The maximum atomic E-state index is 12.0. The van der Waals surface area contributed by atoms with Crippen LogP contribution in [-0.2, 0) is 28.1 Å². The molecular formula is C26H30N8OS. The third kappa shape index (κ3) is 5.03. The average Bonchev–Trinajstić information content (AvgIpc) is 2.77. The summed E-state index contributed by atoms with van der Waals surface area (Å²) in [6.07, 6.45) is 8.08. The van der Waals surface area contributed by atoms with Crippen LogP contribution in [0.3, 0.4) is 0 Å². The van der Waals surface area contributed by atoms with E-state index < -0.39 is 9.73 Å². The zero-order chi connectivity index (χ0) is 25.5. The first kappa shape index (κ1) is 24.2. The highest BCUT2D eigenvalue weighted by molar-refractivity contribution is 7.92. The van der Waals surface area contributed by atoms with Crippen LogP contribution in [0, 0.1) is 11.3 Å². The summed E-state index contributed by atoms with van der Waals surface area (Å²) in [6, 6.07) is 11.7. The lowest BCUT2D eigenvalue weighted by Crippen LogP contribution is -2.44. The third-order valence-corrected chi connectivity index (χ3v) is 7.23. The number of nitrogens with one attached hydrogen (secondary N) is 2. The van der Waals surface area contributed by atoms with E-state index in [-0.39, 0.29) is 11.0 Å². The molecular weight excluding hydrogens is 472 g/mol. The summed E-state index contributed by atoms with van der Waals surface area (Å²) >= 11 is 0. The molecule has 0 fully saturated rings. The largest absolute Gasteiger partial charge is 0.324 e. The van der Waals surface area contributed by atoms with Crippen LogP contribution in [0.25, 0.3) is 0 Å². The molecule has 0 spiro atoms. The maximum Gasteiger partial charge on any atom is 0.229 e. The molecule has 0 radical (unpaired) electrons. The van der Waals surface area contributed by atoms with Crippen molar-refractivity contribution in [3.05, 3.63) is 58.8 Å². The van der Waals surface area contributed by atoms with Crippen molar-refractivity contribution in [3.63, 3.8) is 0 Å². The Labute approximate surface area is 212 Å². The van der Waals surface area contributed by atoms with E-state index in [1.807, 2.05) is 0 Å². The van der Waals surface area contributed by atoms with Gasteiger partial charge in [-0.2, -0.15) is 14.6 Å². The molecule has 3 aromatic rings. The molecule has 2 aromatic heterocycles. The summed E-state index contributed by atoms with van der Waals surface area (Å²) in [7, 11) is -0.166. The van der Waals surface area contributed by atoms with Crippen LogP contribution in [-0.4, -0.2) is 50.2 Å². The summed E-state index contributed by atoms with van der Waals surface area (Å²) in [4.78, 5) is 15.7. The van der Waals surface area contributed by atoms with E-state index in [1.165, 1.54) is 35.7 Å². The number of pyridine rings is 1. The SMILES string of the molecule is CN1Cc2cc(Nc3ncc(C#N)c(Nc4cccc(N=S(C)(C)=O)n4)n3)cc3c2[C@@](C)(CCC3)C1. The molecule has 1 atom stereocenters. The first-order valence-corrected chi connectivity index (χ1v) is 14.3. The van der Waals surface area contributed by atoms with Gasteiger partial charge in [-0.15, -0.1) is 0 Å². The van der Waals surface area contributed by atoms with Crippen molar-refractivity contribution < 1.29 is 4.21 Å². The summed E-state index contributed by atoms with van der Waals surface area (Å²) < 4.78 is 16.2. The number of hydrogen-bond acceptors (Lipinski definition) is 9. The Bertz CT molecular complexity index is 1500. The van der Waals surface area contributed by atoms with E-state index in [2.05, 4.69) is 67.0 Å². The van der Waals surface area contributed by atoms with Gasteiger partial charge in [0.05, 0.1) is 6.20 Å². The third-order valence-electron chi connectivity index (χ3n) is 6.60. The van der Waals surface area contributed by atoms with Gasteiger partial charge in [-0.3, -0.25) is 0 Å². The Morgan fingerprint density at radius 1 is 1.19 bits per heavy atom. The molecule has 1 aromatic carbocycles. The summed E-state index contributed by atoms with van der Waals surface area (Å²) in [5.74, 6) is 1.51. The minimum absolute atomic E-state index is 0.201. The van der Waals surface area contributed by atoms with Crippen LogP contribution in [0.1, 0.15) is 42.0 Å². The molecule has 2 aliphatic rings. The standard InChI is InChI=1S/C26H30N8OS/c1-26-10-6-7-17-11-20(12-18(23(17)26)15-34(2)16-26)29-25-28-14-19(13-27)24(32-25)31-21-8-5-9-22(30-21)33-36(3,4)35/h5,8-9,11-12,14H,6-7,10,15-16H2,1-4H3,(H2,28,29,30,31,32)/t26-/m0/s1. The fourth-order valence-corrected chi connectivity index (χ4v) is 6.02. The minimum Gasteiger partial charge on any atom is -0.324 e. The van der Waals surface area contributed by atoms with Crippen molar-refractivity contribution in [2.45, 2.75) is 38.1 Å². The Balaban J connectivity index is 1.45. The summed E-state index contributed by atoms with van der Waals surface area (Å²) in [6.45, 7) is 4.39. The van der Waals surface area contributed by atoms with E-state index in [0.29, 0.717) is 23.4 Å². The molecule has 10 heteroatoms. The van der Waals surface area contributed by atoms with Gasteiger partial charge in [0.2, 0.25) is 5.95 Å². The van der Waals surface area contributed by atoms with Crippen molar-refractivity contribution >= 4 is 38.8 Å². The second kappa shape index (κ2) is 9.15. The Morgan fingerprint density at radius 2 is 2.00 bits per heavy atom. The van der Waals surface area contributed by atoms with Gasteiger partial charge in [0, 0.05) is 46.4 Å². The van der Waals surface area contributed by atoms with Crippen LogP contribution in [0.4, 0.5) is 29.1 Å². The van der Waals surface area contributed by atoms with Crippen LogP contribution in [0.5, 0.6) is 0 Å². The van der Waals surface area contributed by atoms with Gasteiger partial charge in [-0.1, -0.05) is 13.0 Å². The number of nitrogens with zero attached hydrogens (tertiary/aromatic N) is 6. The lowest BCUT2D eigenvalue weighted by Gasteiger charge is -2.45. The molecule has 0 unspecified atom stereocenters. The lowest BCUT2D eigenvalue weighted by atomic mass is 9.67. The Kier molecular flexibility index (Phi) is 6.14. The van der Waals surface area contributed by atoms with E-state index in [1.54, 1.807) is 30.7 Å². The van der Waals surface area contributed by atoms with Crippen molar-refractivity contribution in [2.24, 2.45) is 4.36 Å². The van der Waals surface area contributed by atoms with Crippen LogP contribution in [0.15, 0.2) is 40.9 Å². The first-order chi connectivity index (χ1) is 17.1. The highest BCUT2D eigenvalue weighted by Crippen LogP contribution is 2.44. The lowest BCUT2D eigenvalue weighted by molar-refractivity contribution is 0.203. The molecule has 5 rings (SSSR count). The smallest absolute Gasteiger partial charge is 0.229 e. The molecule has 36 heavy (non-hydrogen) atoms. The van der Waals surface area contributed by atoms with E-state index in [4.69, 9.17) is 0 Å².